The lowest BCUT2D eigenvalue weighted by molar-refractivity contribution is 0.734. The summed E-state index contributed by atoms with van der Waals surface area (Å²) in [5.41, 5.74) is 4.40. The van der Waals surface area contributed by atoms with Crippen LogP contribution in [0.4, 0.5) is 5.69 Å². The van der Waals surface area contributed by atoms with Gasteiger partial charge in [0.25, 0.3) is 0 Å². The van der Waals surface area contributed by atoms with Crippen LogP contribution < -0.4 is 10.2 Å². The first-order chi connectivity index (χ1) is 9.78. The molecule has 2 heterocycles. The number of fused-ring (bicyclic) bond motifs is 1. The van der Waals surface area contributed by atoms with Gasteiger partial charge in [-0.15, -0.1) is 11.3 Å². The SMILES string of the molecule is CCNCc1cc(CN2CCc3ccccc32)c(C)s1. The summed E-state index contributed by atoms with van der Waals surface area (Å²) in [6.07, 6.45) is 1.18. The van der Waals surface area contributed by atoms with Crippen LogP contribution in [-0.4, -0.2) is 13.1 Å². The fraction of sp³-hybridized carbons (Fsp3) is 0.412. The molecule has 0 radical (unpaired) electrons. The Bertz CT molecular complexity index is 588. The van der Waals surface area contributed by atoms with Gasteiger partial charge in [-0.05, 0) is 43.1 Å². The minimum atomic E-state index is 0.999. The van der Waals surface area contributed by atoms with Crippen LogP contribution in [0.2, 0.25) is 0 Å². The number of hydrogen-bond acceptors (Lipinski definition) is 3. The van der Waals surface area contributed by atoms with Crippen molar-refractivity contribution >= 4 is 17.0 Å². The number of nitrogens with zero attached hydrogens (tertiary/aromatic N) is 1. The van der Waals surface area contributed by atoms with Crippen LogP contribution in [0.3, 0.4) is 0 Å². The molecule has 1 aliphatic heterocycles. The first-order valence-corrected chi connectivity index (χ1v) is 8.21. The van der Waals surface area contributed by atoms with E-state index in [0.29, 0.717) is 0 Å². The molecule has 0 atom stereocenters. The highest BCUT2D eigenvalue weighted by atomic mass is 32.1. The van der Waals surface area contributed by atoms with Crippen LogP contribution in [-0.2, 0) is 19.5 Å². The molecule has 3 heteroatoms. The number of anilines is 1. The zero-order valence-electron chi connectivity index (χ0n) is 12.3. The van der Waals surface area contributed by atoms with Crippen molar-refractivity contribution in [2.24, 2.45) is 0 Å². The van der Waals surface area contributed by atoms with Gasteiger partial charge in [0.15, 0.2) is 0 Å². The number of aryl methyl sites for hydroxylation is 1. The van der Waals surface area contributed by atoms with Crippen LogP contribution in [0, 0.1) is 6.92 Å². The Kier molecular flexibility index (Phi) is 4.08. The Labute approximate surface area is 125 Å². The second-order valence-corrected chi connectivity index (χ2v) is 6.72. The quantitative estimate of drug-likeness (QED) is 0.901. The third-order valence-corrected chi connectivity index (χ3v) is 5.06. The van der Waals surface area contributed by atoms with Gasteiger partial charge in [0.2, 0.25) is 0 Å². The summed E-state index contributed by atoms with van der Waals surface area (Å²) in [5, 5.41) is 3.41. The van der Waals surface area contributed by atoms with Crippen molar-refractivity contribution in [2.75, 3.05) is 18.0 Å². The van der Waals surface area contributed by atoms with Crippen molar-refractivity contribution in [3.8, 4) is 0 Å². The molecule has 0 saturated carbocycles. The summed E-state index contributed by atoms with van der Waals surface area (Å²) in [7, 11) is 0. The fourth-order valence-electron chi connectivity index (χ4n) is 2.86. The highest BCUT2D eigenvalue weighted by Crippen LogP contribution is 2.31. The number of nitrogens with one attached hydrogen (secondary N) is 1. The van der Waals surface area contributed by atoms with Gasteiger partial charge in [-0.1, -0.05) is 25.1 Å². The van der Waals surface area contributed by atoms with Crippen LogP contribution in [0.25, 0.3) is 0 Å². The van der Waals surface area contributed by atoms with E-state index >= 15 is 0 Å². The lowest BCUT2D eigenvalue weighted by Gasteiger charge is -2.19. The zero-order valence-corrected chi connectivity index (χ0v) is 13.1. The molecule has 3 rings (SSSR count). The van der Waals surface area contributed by atoms with Gasteiger partial charge < -0.3 is 10.2 Å². The molecule has 106 valence electrons. The Morgan fingerprint density at radius 3 is 3.00 bits per heavy atom. The van der Waals surface area contributed by atoms with Gasteiger partial charge in [-0.2, -0.15) is 0 Å². The Morgan fingerprint density at radius 1 is 1.30 bits per heavy atom. The molecule has 1 aromatic heterocycles. The average Bonchev–Trinajstić information content (AvgIpc) is 3.02. The molecule has 0 unspecified atom stereocenters. The van der Waals surface area contributed by atoms with Gasteiger partial charge in [0.05, 0.1) is 0 Å². The van der Waals surface area contributed by atoms with E-state index in [-0.39, 0.29) is 0 Å². The minimum absolute atomic E-state index is 0.999. The maximum Gasteiger partial charge on any atom is 0.0440 e. The number of rotatable bonds is 5. The maximum absolute atomic E-state index is 3.41. The molecule has 1 N–H and O–H groups in total. The van der Waals surface area contributed by atoms with E-state index in [1.807, 2.05) is 11.3 Å². The number of benzene rings is 1. The molecule has 0 amide bonds. The minimum Gasteiger partial charge on any atom is -0.367 e. The van der Waals surface area contributed by atoms with E-state index in [1.54, 1.807) is 0 Å². The van der Waals surface area contributed by atoms with Crippen LogP contribution >= 0.6 is 11.3 Å². The van der Waals surface area contributed by atoms with Crippen molar-refractivity contribution in [3.05, 3.63) is 51.2 Å². The van der Waals surface area contributed by atoms with Crippen molar-refractivity contribution in [1.82, 2.24) is 5.32 Å². The van der Waals surface area contributed by atoms with E-state index < -0.39 is 0 Å². The molecule has 1 aromatic carbocycles. The van der Waals surface area contributed by atoms with Crippen LogP contribution in [0.15, 0.2) is 30.3 Å². The van der Waals surface area contributed by atoms with Gasteiger partial charge in [-0.3, -0.25) is 0 Å². The highest BCUT2D eigenvalue weighted by molar-refractivity contribution is 7.12. The molecule has 1 aliphatic rings. The van der Waals surface area contributed by atoms with Crippen molar-refractivity contribution in [3.63, 3.8) is 0 Å². The second kappa shape index (κ2) is 5.98. The molecule has 2 aromatic rings. The number of thiophene rings is 1. The van der Waals surface area contributed by atoms with Crippen LogP contribution in [0.5, 0.6) is 0 Å². The lowest BCUT2D eigenvalue weighted by atomic mass is 10.2. The van der Waals surface area contributed by atoms with Gasteiger partial charge in [0.1, 0.15) is 0 Å². The molecular formula is C17H22N2S. The molecule has 0 fully saturated rings. The summed E-state index contributed by atoms with van der Waals surface area (Å²) in [6, 6.07) is 11.2. The monoisotopic (exact) mass is 286 g/mol. The average molecular weight is 286 g/mol. The zero-order chi connectivity index (χ0) is 13.9. The number of hydrogen-bond donors (Lipinski definition) is 1. The highest BCUT2D eigenvalue weighted by Gasteiger charge is 2.19. The normalized spacial score (nSPS) is 13.8. The van der Waals surface area contributed by atoms with Crippen molar-refractivity contribution in [2.45, 2.75) is 33.4 Å². The molecule has 2 nitrogen and oxygen atoms in total. The van der Waals surface area contributed by atoms with Gasteiger partial charge >= 0.3 is 0 Å². The topological polar surface area (TPSA) is 15.3 Å². The lowest BCUT2D eigenvalue weighted by Crippen LogP contribution is -2.19. The molecule has 0 aliphatic carbocycles. The van der Waals surface area contributed by atoms with E-state index in [2.05, 4.69) is 54.4 Å². The summed E-state index contributed by atoms with van der Waals surface area (Å²) >= 11 is 1.93. The van der Waals surface area contributed by atoms with Gasteiger partial charge in [-0.25, -0.2) is 0 Å². The summed E-state index contributed by atoms with van der Waals surface area (Å²) in [5.74, 6) is 0. The van der Waals surface area contributed by atoms with Gasteiger partial charge in [0, 0.05) is 35.1 Å². The third kappa shape index (κ3) is 2.74. The molecule has 20 heavy (non-hydrogen) atoms. The van der Waals surface area contributed by atoms with Crippen LogP contribution in [0.1, 0.15) is 27.8 Å². The molecule has 0 bridgehead atoms. The summed E-state index contributed by atoms with van der Waals surface area (Å²) in [4.78, 5) is 5.43. The van der Waals surface area contributed by atoms with E-state index in [4.69, 9.17) is 0 Å². The largest absolute Gasteiger partial charge is 0.367 e. The first-order valence-electron chi connectivity index (χ1n) is 7.39. The molecular weight excluding hydrogens is 264 g/mol. The Morgan fingerprint density at radius 2 is 2.15 bits per heavy atom. The smallest absolute Gasteiger partial charge is 0.0440 e. The fourth-order valence-corrected chi connectivity index (χ4v) is 3.88. The second-order valence-electron chi connectivity index (χ2n) is 5.37. The Hall–Kier alpha value is -1.32. The Balaban J connectivity index is 1.74. The molecule has 0 spiro atoms. The molecule has 0 saturated heterocycles. The van der Waals surface area contributed by atoms with E-state index in [0.717, 1.165) is 26.2 Å². The third-order valence-electron chi connectivity index (χ3n) is 3.97. The predicted octanol–water partition coefficient (Wildman–Crippen LogP) is 3.73. The first kappa shape index (κ1) is 13.7. The number of para-hydroxylation sites is 1. The summed E-state index contributed by atoms with van der Waals surface area (Å²) < 4.78 is 0. The standard InChI is InChI=1S/C17H22N2S/c1-3-18-11-16-10-15(13(2)20-16)12-19-9-8-14-6-4-5-7-17(14)19/h4-7,10,18H,3,8-9,11-12H2,1-2H3. The maximum atomic E-state index is 3.41. The van der Waals surface area contributed by atoms with E-state index in [1.165, 1.54) is 33.0 Å². The van der Waals surface area contributed by atoms with E-state index in [9.17, 15) is 0 Å². The summed E-state index contributed by atoms with van der Waals surface area (Å²) in [6.45, 7) is 8.63. The van der Waals surface area contributed by atoms with Crippen molar-refractivity contribution in [1.29, 1.82) is 0 Å². The van der Waals surface area contributed by atoms with Crippen molar-refractivity contribution < 1.29 is 0 Å². The predicted molar refractivity (Wildman–Crippen MR) is 87.6 cm³/mol.